The highest BCUT2D eigenvalue weighted by Gasteiger charge is 2.13. The van der Waals surface area contributed by atoms with E-state index in [2.05, 4.69) is 4.98 Å². The number of hydrogen-bond acceptors (Lipinski definition) is 4. The van der Waals surface area contributed by atoms with Crippen LogP contribution in [0.15, 0.2) is 36.7 Å². The summed E-state index contributed by atoms with van der Waals surface area (Å²) in [4.78, 5) is 4.01. The fraction of sp³-hybridized carbons (Fsp3) is 0.267. The summed E-state index contributed by atoms with van der Waals surface area (Å²) in [5.41, 5.74) is 2.28. The number of rotatable bonds is 5. The first-order valence-electron chi connectivity index (χ1n) is 5.96. The first-order valence-corrected chi connectivity index (χ1v) is 5.96. The second-order valence-electron chi connectivity index (χ2n) is 4.07. The van der Waals surface area contributed by atoms with Crippen LogP contribution >= 0.6 is 0 Å². The molecule has 0 saturated heterocycles. The van der Waals surface area contributed by atoms with Crippen molar-refractivity contribution in [1.29, 1.82) is 0 Å². The van der Waals surface area contributed by atoms with Crippen LogP contribution in [0.5, 0.6) is 17.2 Å². The highest BCUT2D eigenvalue weighted by atomic mass is 16.5. The monoisotopic (exact) mass is 259 g/mol. The van der Waals surface area contributed by atoms with Crippen molar-refractivity contribution < 1.29 is 14.2 Å². The van der Waals surface area contributed by atoms with Gasteiger partial charge in [-0.25, -0.2) is 0 Å². The molecule has 0 spiro atoms. The van der Waals surface area contributed by atoms with Gasteiger partial charge < -0.3 is 14.2 Å². The van der Waals surface area contributed by atoms with E-state index in [1.807, 2.05) is 24.3 Å². The van der Waals surface area contributed by atoms with Crippen molar-refractivity contribution in [3.05, 3.63) is 47.8 Å². The molecule has 0 saturated carbocycles. The number of aromatic nitrogens is 1. The Kier molecular flexibility index (Phi) is 4.23. The SMILES string of the molecule is COc1cc(Cc2ccncc2)cc(OC)c1OC. The fourth-order valence-corrected chi connectivity index (χ4v) is 1.97. The molecule has 1 heterocycles. The fourth-order valence-electron chi connectivity index (χ4n) is 1.97. The molecule has 0 amide bonds. The van der Waals surface area contributed by atoms with Gasteiger partial charge in [0.25, 0.3) is 0 Å². The van der Waals surface area contributed by atoms with E-state index in [1.54, 1.807) is 33.7 Å². The van der Waals surface area contributed by atoms with Gasteiger partial charge in [-0.15, -0.1) is 0 Å². The lowest BCUT2D eigenvalue weighted by atomic mass is 10.1. The maximum Gasteiger partial charge on any atom is 0.203 e. The maximum absolute atomic E-state index is 5.34. The van der Waals surface area contributed by atoms with Crippen LogP contribution in [0.3, 0.4) is 0 Å². The zero-order valence-electron chi connectivity index (χ0n) is 11.3. The van der Waals surface area contributed by atoms with Crippen molar-refractivity contribution in [3.8, 4) is 17.2 Å². The molecule has 0 aliphatic carbocycles. The summed E-state index contributed by atoms with van der Waals surface area (Å²) in [5, 5.41) is 0. The Balaban J connectivity index is 2.36. The van der Waals surface area contributed by atoms with Gasteiger partial charge in [-0.2, -0.15) is 0 Å². The molecule has 0 fully saturated rings. The van der Waals surface area contributed by atoms with Gasteiger partial charge >= 0.3 is 0 Å². The van der Waals surface area contributed by atoms with Crippen molar-refractivity contribution in [2.24, 2.45) is 0 Å². The van der Waals surface area contributed by atoms with Gasteiger partial charge in [-0.3, -0.25) is 4.98 Å². The minimum atomic E-state index is 0.614. The van der Waals surface area contributed by atoms with Crippen molar-refractivity contribution in [2.75, 3.05) is 21.3 Å². The summed E-state index contributed by atoms with van der Waals surface area (Å²) in [5.74, 6) is 1.96. The minimum Gasteiger partial charge on any atom is -0.493 e. The highest BCUT2D eigenvalue weighted by Crippen LogP contribution is 2.38. The Hall–Kier alpha value is -2.23. The number of methoxy groups -OCH3 is 3. The zero-order valence-corrected chi connectivity index (χ0v) is 11.3. The number of pyridine rings is 1. The predicted octanol–water partition coefficient (Wildman–Crippen LogP) is 2.70. The summed E-state index contributed by atoms with van der Waals surface area (Å²) in [6.45, 7) is 0. The van der Waals surface area contributed by atoms with Gasteiger partial charge in [0.05, 0.1) is 21.3 Å². The van der Waals surface area contributed by atoms with Crippen molar-refractivity contribution >= 4 is 0 Å². The van der Waals surface area contributed by atoms with Gasteiger partial charge in [0.2, 0.25) is 5.75 Å². The number of nitrogens with zero attached hydrogens (tertiary/aromatic N) is 1. The second-order valence-corrected chi connectivity index (χ2v) is 4.07. The van der Waals surface area contributed by atoms with E-state index < -0.39 is 0 Å². The lowest BCUT2D eigenvalue weighted by Gasteiger charge is -2.14. The largest absolute Gasteiger partial charge is 0.493 e. The lowest BCUT2D eigenvalue weighted by Crippen LogP contribution is -1.97. The smallest absolute Gasteiger partial charge is 0.203 e. The maximum atomic E-state index is 5.34. The van der Waals surface area contributed by atoms with Crippen LogP contribution in [-0.4, -0.2) is 26.3 Å². The van der Waals surface area contributed by atoms with E-state index >= 15 is 0 Å². The Bertz CT molecular complexity index is 515. The molecular formula is C15H17NO3. The normalized spacial score (nSPS) is 10.1. The Labute approximate surface area is 113 Å². The van der Waals surface area contributed by atoms with Gasteiger partial charge in [0.15, 0.2) is 11.5 Å². The van der Waals surface area contributed by atoms with Crippen LogP contribution in [0.4, 0.5) is 0 Å². The third-order valence-electron chi connectivity index (χ3n) is 2.88. The molecule has 4 nitrogen and oxygen atoms in total. The highest BCUT2D eigenvalue weighted by molar-refractivity contribution is 5.54. The summed E-state index contributed by atoms with van der Waals surface area (Å²) < 4.78 is 16.0. The standard InChI is InChI=1S/C15H17NO3/c1-17-13-9-12(8-11-4-6-16-7-5-11)10-14(18-2)15(13)19-3/h4-7,9-10H,8H2,1-3H3. The molecule has 4 heteroatoms. The van der Waals surface area contributed by atoms with Crippen molar-refractivity contribution in [3.63, 3.8) is 0 Å². The number of benzene rings is 1. The van der Waals surface area contributed by atoms with E-state index in [-0.39, 0.29) is 0 Å². The molecule has 0 N–H and O–H groups in total. The first-order chi connectivity index (χ1) is 9.28. The van der Waals surface area contributed by atoms with Crippen LogP contribution in [0.2, 0.25) is 0 Å². The second kappa shape index (κ2) is 6.09. The molecule has 1 aromatic heterocycles. The molecule has 0 bridgehead atoms. The Morgan fingerprint density at radius 3 is 1.89 bits per heavy atom. The van der Waals surface area contributed by atoms with Crippen molar-refractivity contribution in [1.82, 2.24) is 4.98 Å². The van der Waals surface area contributed by atoms with Gasteiger partial charge in [0.1, 0.15) is 0 Å². The molecule has 0 unspecified atom stereocenters. The first kappa shape index (κ1) is 13.2. The molecule has 0 radical (unpaired) electrons. The lowest BCUT2D eigenvalue weighted by molar-refractivity contribution is 0.324. The third-order valence-corrected chi connectivity index (χ3v) is 2.88. The summed E-state index contributed by atoms with van der Waals surface area (Å²) >= 11 is 0. The molecule has 100 valence electrons. The van der Waals surface area contributed by atoms with E-state index in [1.165, 1.54) is 5.56 Å². The molecule has 2 rings (SSSR count). The quantitative estimate of drug-likeness (QED) is 0.827. The molecule has 0 atom stereocenters. The predicted molar refractivity (Wildman–Crippen MR) is 73.1 cm³/mol. The van der Waals surface area contributed by atoms with Crippen LogP contribution < -0.4 is 14.2 Å². The van der Waals surface area contributed by atoms with Crippen LogP contribution in [0.1, 0.15) is 11.1 Å². The van der Waals surface area contributed by atoms with Gasteiger partial charge in [-0.05, 0) is 41.8 Å². The van der Waals surface area contributed by atoms with E-state index in [4.69, 9.17) is 14.2 Å². The number of ether oxygens (including phenoxy) is 3. The van der Waals surface area contributed by atoms with Crippen LogP contribution in [0, 0.1) is 0 Å². The molecular weight excluding hydrogens is 242 g/mol. The zero-order chi connectivity index (χ0) is 13.7. The van der Waals surface area contributed by atoms with Gasteiger partial charge in [0, 0.05) is 12.4 Å². The van der Waals surface area contributed by atoms with E-state index in [0.29, 0.717) is 17.2 Å². The molecule has 1 aromatic carbocycles. The summed E-state index contributed by atoms with van der Waals surface area (Å²) in [6, 6.07) is 7.90. The average Bonchev–Trinajstić information content (AvgIpc) is 2.47. The minimum absolute atomic E-state index is 0.614. The Morgan fingerprint density at radius 1 is 0.842 bits per heavy atom. The summed E-state index contributed by atoms with van der Waals surface area (Å²) in [6.07, 6.45) is 4.36. The number of hydrogen-bond donors (Lipinski definition) is 0. The summed E-state index contributed by atoms with van der Waals surface area (Å²) in [7, 11) is 4.84. The van der Waals surface area contributed by atoms with Gasteiger partial charge in [-0.1, -0.05) is 0 Å². The average molecular weight is 259 g/mol. The molecule has 2 aromatic rings. The molecule has 19 heavy (non-hydrogen) atoms. The topological polar surface area (TPSA) is 40.6 Å². The van der Waals surface area contributed by atoms with E-state index in [9.17, 15) is 0 Å². The molecule has 0 aliphatic heterocycles. The molecule has 0 aliphatic rings. The third kappa shape index (κ3) is 2.96. The van der Waals surface area contributed by atoms with Crippen molar-refractivity contribution in [2.45, 2.75) is 6.42 Å². The van der Waals surface area contributed by atoms with E-state index in [0.717, 1.165) is 12.0 Å². The van der Waals surface area contributed by atoms with Crippen LogP contribution in [0.25, 0.3) is 0 Å². The van der Waals surface area contributed by atoms with Crippen LogP contribution in [-0.2, 0) is 6.42 Å². The Morgan fingerprint density at radius 2 is 1.42 bits per heavy atom.